The zero-order chi connectivity index (χ0) is 10.8. The van der Waals surface area contributed by atoms with Crippen molar-refractivity contribution in [3.05, 3.63) is 56.4 Å². The van der Waals surface area contributed by atoms with E-state index in [1.807, 2.05) is 16.8 Å². The summed E-state index contributed by atoms with van der Waals surface area (Å²) in [6.07, 6.45) is 0. The zero-order valence-corrected chi connectivity index (χ0v) is 10.2. The third-order valence-electron chi connectivity index (χ3n) is 2.19. The Balaban J connectivity index is 2.36. The Hall–Kier alpha value is -0.710. The van der Waals surface area contributed by atoms with Crippen molar-refractivity contribution in [1.29, 1.82) is 0 Å². The molecule has 0 saturated carbocycles. The van der Waals surface area contributed by atoms with Crippen molar-refractivity contribution >= 4 is 27.3 Å². The van der Waals surface area contributed by atoms with Crippen LogP contribution in [-0.2, 0) is 0 Å². The van der Waals surface area contributed by atoms with Crippen molar-refractivity contribution in [2.75, 3.05) is 0 Å². The lowest BCUT2D eigenvalue weighted by Crippen LogP contribution is -2.11. The van der Waals surface area contributed by atoms with Gasteiger partial charge in [-0.05, 0) is 44.6 Å². The second kappa shape index (κ2) is 4.43. The average molecular weight is 286 g/mol. The van der Waals surface area contributed by atoms with Crippen LogP contribution in [0.1, 0.15) is 17.2 Å². The van der Waals surface area contributed by atoms with Crippen LogP contribution in [0.2, 0.25) is 0 Å². The van der Waals surface area contributed by atoms with Crippen molar-refractivity contribution in [3.8, 4) is 0 Å². The van der Waals surface area contributed by atoms with E-state index in [1.165, 1.54) is 12.1 Å². The topological polar surface area (TPSA) is 26.0 Å². The molecule has 2 aromatic rings. The number of hydrogen-bond donors (Lipinski definition) is 1. The molecule has 0 amide bonds. The third-order valence-corrected chi connectivity index (χ3v) is 3.94. The summed E-state index contributed by atoms with van der Waals surface area (Å²) in [6, 6.07) is 6.11. The van der Waals surface area contributed by atoms with E-state index >= 15 is 0 Å². The second-order valence-corrected chi connectivity index (χ2v) is 4.81. The summed E-state index contributed by atoms with van der Waals surface area (Å²) >= 11 is 4.99. The maximum Gasteiger partial charge on any atom is 0.123 e. The molecule has 1 unspecified atom stereocenters. The van der Waals surface area contributed by atoms with E-state index in [4.69, 9.17) is 5.73 Å². The van der Waals surface area contributed by atoms with Gasteiger partial charge in [-0.15, -0.1) is 0 Å². The SMILES string of the molecule is NC(c1cccc(F)c1)c1cscc1Br. The number of benzene rings is 1. The molecular weight excluding hydrogens is 277 g/mol. The van der Waals surface area contributed by atoms with Crippen LogP contribution in [0.5, 0.6) is 0 Å². The normalized spacial score (nSPS) is 12.7. The second-order valence-electron chi connectivity index (χ2n) is 3.21. The molecule has 0 aliphatic heterocycles. The van der Waals surface area contributed by atoms with E-state index in [0.717, 1.165) is 15.6 Å². The van der Waals surface area contributed by atoms with Crippen LogP contribution in [0.15, 0.2) is 39.5 Å². The highest BCUT2D eigenvalue weighted by atomic mass is 79.9. The fourth-order valence-corrected chi connectivity index (χ4v) is 2.97. The van der Waals surface area contributed by atoms with E-state index in [-0.39, 0.29) is 11.9 Å². The summed E-state index contributed by atoms with van der Waals surface area (Å²) in [5.41, 5.74) is 7.82. The molecule has 0 aliphatic carbocycles. The Morgan fingerprint density at radius 3 is 2.73 bits per heavy atom. The minimum absolute atomic E-state index is 0.255. The van der Waals surface area contributed by atoms with E-state index in [2.05, 4.69) is 15.9 Å². The maximum absolute atomic E-state index is 13.0. The van der Waals surface area contributed by atoms with Crippen molar-refractivity contribution in [2.24, 2.45) is 5.73 Å². The highest BCUT2D eigenvalue weighted by Gasteiger charge is 2.13. The minimum Gasteiger partial charge on any atom is -0.320 e. The molecule has 0 aliphatic rings. The molecule has 0 saturated heterocycles. The van der Waals surface area contributed by atoms with Gasteiger partial charge in [-0.1, -0.05) is 12.1 Å². The molecule has 15 heavy (non-hydrogen) atoms. The molecule has 1 nitrogen and oxygen atoms in total. The van der Waals surface area contributed by atoms with Crippen LogP contribution in [0, 0.1) is 5.82 Å². The first-order valence-corrected chi connectivity index (χ1v) is 6.14. The predicted octanol–water partition coefficient (Wildman–Crippen LogP) is 3.70. The molecule has 1 atom stereocenters. The first-order valence-electron chi connectivity index (χ1n) is 4.41. The summed E-state index contributed by atoms with van der Waals surface area (Å²) in [5.74, 6) is -0.255. The highest BCUT2D eigenvalue weighted by Crippen LogP contribution is 2.29. The van der Waals surface area contributed by atoms with Crippen molar-refractivity contribution in [3.63, 3.8) is 0 Å². The van der Waals surface area contributed by atoms with Gasteiger partial charge in [-0.3, -0.25) is 0 Å². The van der Waals surface area contributed by atoms with Crippen LogP contribution in [0.3, 0.4) is 0 Å². The quantitative estimate of drug-likeness (QED) is 0.895. The van der Waals surface area contributed by atoms with E-state index < -0.39 is 0 Å². The molecular formula is C11H9BrFNS. The summed E-state index contributed by atoms with van der Waals surface area (Å²) < 4.78 is 14.0. The van der Waals surface area contributed by atoms with Crippen molar-refractivity contribution in [2.45, 2.75) is 6.04 Å². The van der Waals surface area contributed by atoms with E-state index in [1.54, 1.807) is 17.4 Å². The van der Waals surface area contributed by atoms with Gasteiger partial charge >= 0.3 is 0 Å². The largest absolute Gasteiger partial charge is 0.320 e. The predicted molar refractivity (Wildman–Crippen MR) is 64.4 cm³/mol. The summed E-state index contributed by atoms with van der Waals surface area (Å²) in [5, 5.41) is 3.94. The van der Waals surface area contributed by atoms with Crippen LogP contribution < -0.4 is 5.73 Å². The third kappa shape index (κ3) is 2.27. The van der Waals surface area contributed by atoms with E-state index in [9.17, 15) is 4.39 Å². The van der Waals surface area contributed by atoms with Crippen LogP contribution in [0.4, 0.5) is 4.39 Å². The molecule has 0 radical (unpaired) electrons. The standard InChI is InChI=1S/C11H9BrFNS/c12-10-6-15-5-9(10)11(14)7-2-1-3-8(13)4-7/h1-6,11H,14H2. The minimum atomic E-state index is -0.277. The zero-order valence-electron chi connectivity index (χ0n) is 7.78. The van der Waals surface area contributed by atoms with Gasteiger partial charge in [0.1, 0.15) is 5.82 Å². The Labute approximate surface area is 99.9 Å². The van der Waals surface area contributed by atoms with Crippen LogP contribution in [0.25, 0.3) is 0 Å². The number of thiophene rings is 1. The lowest BCUT2D eigenvalue weighted by atomic mass is 10.0. The molecule has 1 heterocycles. The van der Waals surface area contributed by atoms with Gasteiger partial charge in [0.25, 0.3) is 0 Å². The van der Waals surface area contributed by atoms with Gasteiger partial charge in [0.2, 0.25) is 0 Å². The Kier molecular flexibility index (Phi) is 3.19. The summed E-state index contributed by atoms with van der Waals surface area (Å²) in [7, 11) is 0. The number of nitrogens with two attached hydrogens (primary N) is 1. The molecule has 1 aromatic heterocycles. The molecule has 78 valence electrons. The van der Waals surface area contributed by atoms with E-state index in [0.29, 0.717) is 0 Å². The average Bonchev–Trinajstić information content (AvgIpc) is 2.63. The fourth-order valence-electron chi connectivity index (χ4n) is 1.39. The Morgan fingerprint density at radius 1 is 1.33 bits per heavy atom. The fraction of sp³-hybridized carbons (Fsp3) is 0.0909. The molecule has 2 N–H and O–H groups in total. The molecule has 0 fully saturated rings. The monoisotopic (exact) mass is 285 g/mol. The maximum atomic E-state index is 13.0. The number of halogens is 2. The molecule has 0 bridgehead atoms. The highest BCUT2D eigenvalue weighted by molar-refractivity contribution is 9.10. The Bertz CT molecular complexity index is 469. The van der Waals surface area contributed by atoms with Gasteiger partial charge < -0.3 is 5.73 Å². The molecule has 4 heteroatoms. The lowest BCUT2D eigenvalue weighted by molar-refractivity contribution is 0.623. The smallest absolute Gasteiger partial charge is 0.123 e. The van der Waals surface area contributed by atoms with Gasteiger partial charge in [0.05, 0.1) is 6.04 Å². The number of rotatable bonds is 2. The van der Waals surface area contributed by atoms with Crippen molar-refractivity contribution in [1.82, 2.24) is 0 Å². The van der Waals surface area contributed by atoms with Crippen LogP contribution >= 0.6 is 27.3 Å². The van der Waals surface area contributed by atoms with Gasteiger partial charge in [-0.2, -0.15) is 11.3 Å². The van der Waals surface area contributed by atoms with Gasteiger partial charge in [0, 0.05) is 9.85 Å². The Morgan fingerprint density at radius 2 is 2.13 bits per heavy atom. The van der Waals surface area contributed by atoms with Crippen molar-refractivity contribution < 1.29 is 4.39 Å². The van der Waals surface area contributed by atoms with Crippen LogP contribution in [-0.4, -0.2) is 0 Å². The first-order chi connectivity index (χ1) is 7.18. The summed E-state index contributed by atoms with van der Waals surface area (Å²) in [4.78, 5) is 0. The molecule has 1 aromatic carbocycles. The molecule has 0 spiro atoms. The summed E-state index contributed by atoms with van der Waals surface area (Å²) in [6.45, 7) is 0. The number of hydrogen-bond acceptors (Lipinski definition) is 2. The van der Waals surface area contributed by atoms with Gasteiger partial charge in [0.15, 0.2) is 0 Å². The molecule has 2 rings (SSSR count). The first kappa shape index (κ1) is 10.8. The lowest BCUT2D eigenvalue weighted by Gasteiger charge is -2.11. The van der Waals surface area contributed by atoms with Gasteiger partial charge in [-0.25, -0.2) is 4.39 Å².